The average Bonchev–Trinajstić information content (AvgIpc) is 2.89. The van der Waals surface area contributed by atoms with E-state index in [1.807, 2.05) is 7.05 Å². The molecule has 17 heavy (non-hydrogen) atoms. The molecule has 1 aliphatic rings. The van der Waals surface area contributed by atoms with Gasteiger partial charge in [-0.05, 0) is 50.6 Å². The van der Waals surface area contributed by atoms with Crippen molar-refractivity contribution < 1.29 is 0 Å². The van der Waals surface area contributed by atoms with Gasteiger partial charge in [0.25, 0.3) is 0 Å². The number of nitrogens with one attached hydrogen (secondary N) is 1. The van der Waals surface area contributed by atoms with Crippen LogP contribution in [0.25, 0.3) is 6.08 Å². The summed E-state index contributed by atoms with van der Waals surface area (Å²) < 4.78 is 0. The second-order valence-electron chi connectivity index (χ2n) is 4.58. The summed E-state index contributed by atoms with van der Waals surface area (Å²) in [5.74, 6) is 0. The number of benzene rings is 1. The van der Waals surface area contributed by atoms with E-state index in [-0.39, 0.29) is 0 Å². The second-order valence-corrected chi connectivity index (χ2v) is 4.58. The Hall–Kier alpha value is -1.28. The standard InChI is InChI=1S/C15H22N2/c1-16-10-3-2-7-14-8-6-9-15(13-14)17-11-4-5-12-17/h2,6-9,13,16H,3-5,10-12H2,1H3. The lowest BCUT2D eigenvalue weighted by molar-refractivity contribution is 0.809. The van der Waals surface area contributed by atoms with Crippen LogP contribution in [0, 0.1) is 0 Å². The van der Waals surface area contributed by atoms with Crippen molar-refractivity contribution in [2.45, 2.75) is 19.3 Å². The highest BCUT2D eigenvalue weighted by Gasteiger charge is 2.11. The molecule has 2 rings (SSSR count). The van der Waals surface area contributed by atoms with Gasteiger partial charge in [0.2, 0.25) is 0 Å². The van der Waals surface area contributed by atoms with E-state index in [1.54, 1.807) is 0 Å². The highest BCUT2D eigenvalue weighted by molar-refractivity contribution is 5.58. The molecule has 2 heteroatoms. The van der Waals surface area contributed by atoms with Crippen LogP contribution >= 0.6 is 0 Å². The van der Waals surface area contributed by atoms with Crippen LogP contribution in [0.2, 0.25) is 0 Å². The minimum Gasteiger partial charge on any atom is -0.372 e. The first-order chi connectivity index (χ1) is 8.40. The largest absolute Gasteiger partial charge is 0.372 e. The van der Waals surface area contributed by atoms with Gasteiger partial charge in [0.1, 0.15) is 0 Å². The fourth-order valence-corrected chi connectivity index (χ4v) is 2.25. The van der Waals surface area contributed by atoms with Gasteiger partial charge < -0.3 is 10.2 Å². The molecule has 1 aromatic rings. The Kier molecular flexibility index (Phi) is 4.63. The summed E-state index contributed by atoms with van der Waals surface area (Å²) in [6.07, 6.45) is 8.21. The topological polar surface area (TPSA) is 15.3 Å². The van der Waals surface area contributed by atoms with E-state index in [0.29, 0.717) is 0 Å². The maximum absolute atomic E-state index is 3.15. The first kappa shape index (κ1) is 12.2. The van der Waals surface area contributed by atoms with Gasteiger partial charge in [-0.25, -0.2) is 0 Å². The van der Waals surface area contributed by atoms with Gasteiger partial charge in [-0.1, -0.05) is 24.3 Å². The van der Waals surface area contributed by atoms with E-state index in [1.165, 1.54) is 37.2 Å². The molecule has 92 valence electrons. The number of anilines is 1. The van der Waals surface area contributed by atoms with Crippen molar-refractivity contribution >= 4 is 11.8 Å². The highest BCUT2D eigenvalue weighted by atomic mass is 15.1. The van der Waals surface area contributed by atoms with Crippen molar-refractivity contribution in [3.05, 3.63) is 35.9 Å². The molecule has 1 aromatic carbocycles. The van der Waals surface area contributed by atoms with Crippen LogP contribution in [0.3, 0.4) is 0 Å². The van der Waals surface area contributed by atoms with E-state index >= 15 is 0 Å². The summed E-state index contributed by atoms with van der Waals surface area (Å²) in [5.41, 5.74) is 2.68. The van der Waals surface area contributed by atoms with Gasteiger partial charge in [-0.15, -0.1) is 0 Å². The number of rotatable bonds is 5. The van der Waals surface area contributed by atoms with E-state index < -0.39 is 0 Å². The highest BCUT2D eigenvalue weighted by Crippen LogP contribution is 2.21. The van der Waals surface area contributed by atoms with Gasteiger partial charge in [0.05, 0.1) is 0 Å². The third-order valence-electron chi connectivity index (χ3n) is 3.21. The zero-order valence-corrected chi connectivity index (χ0v) is 10.7. The molecular weight excluding hydrogens is 208 g/mol. The predicted molar refractivity (Wildman–Crippen MR) is 75.5 cm³/mol. The maximum Gasteiger partial charge on any atom is 0.0372 e. The average molecular weight is 230 g/mol. The van der Waals surface area contributed by atoms with Gasteiger partial charge in [-0.3, -0.25) is 0 Å². The summed E-state index contributed by atoms with van der Waals surface area (Å²) in [7, 11) is 1.99. The molecule has 1 N–H and O–H groups in total. The van der Waals surface area contributed by atoms with Crippen molar-refractivity contribution in [3.63, 3.8) is 0 Å². The number of hydrogen-bond acceptors (Lipinski definition) is 2. The van der Waals surface area contributed by atoms with Crippen molar-refractivity contribution in [2.75, 3.05) is 31.6 Å². The molecule has 0 radical (unpaired) electrons. The van der Waals surface area contributed by atoms with E-state index in [9.17, 15) is 0 Å². The molecule has 0 atom stereocenters. The van der Waals surface area contributed by atoms with Crippen LogP contribution in [-0.4, -0.2) is 26.7 Å². The van der Waals surface area contributed by atoms with Crippen LogP contribution in [-0.2, 0) is 0 Å². The molecule has 0 amide bonds. The quantitative estimate of drug-likeness (QED) is 0.782. The van der Waals surface area contributed by atoms with Gasteiger partial charge in [0, 0.05) is 18.8 Å². The Labute approximate surface area is 104 Å². The summed E-state index contributed by atoms with van der Waals surface area (Å²) >= 11 is 0. The van der Waals surface area contributed by atoms with Crippen LogP contribution < -0.4 is 10.2 Å². The molecule has 2 nitrogen and oxygen atoms in total. The summed E-state index contributed by atoms with van der Waals surface area (Å²) in [6, 6.07) is 8.85. The van der Waals surface area contributed by atoms with Gasteiger partial charge in [0.15, 0.2) is 0 Å². The molecular formula is C15H22N2. The lowest BCUT2D eigenvalue weighted by Crippen LogP contribution is -2.17. The number of hydrogen-bond donors (Lipinski definition) is 1. The van der Waals surface area contributed by atoms with E-state index in [4.69, 9.17) is 0 Å². The van der Waals surface area contributed by atoms with E-state index in [0.717, 1.165) is 13.0 Å². The van der Waals surface area contributed by atoms with Crippen LogP contribution in [0.1, 0.15) is 24.8 Å². The minimum absolute atomic E-state index is 1.04. The molecule has 1 fully saturated rings. The molecule has 0 spiro atoms. The Morgan fingerprint density at radius 3 is 2.88 bits per heavy atom. The van der Waals surface area contributed by atoms with Crippen molar-refractivity contribution in [1.29, 1.82) is 0 Å². The fraction of sp³-hybridized carbons (Fsp3) is 0.467. The monoisotopic (exact) mass is 230 g/mol. The van der Waals surface area contributed by atoms with Gasteiger partial charge in [-0.2, -0.15) is 0 Å². The normalized spacial score (nSPS) is 15.9. The molecule has 0 bridgehead atoms. The molecule has 0 aromatic heterocycles. The van der Waals surface area contributed by atoms with E-state index in [2.05, 4.69) is 46.6 Å². The van der Waals surface area contributed by atoms with Crippen LogP contribution in [0.5, 0.6) is 0 Å². The summed E-state index contributed by atoms with van der Waals surface area (Å²) in [4.78, 5) is 2.48. The molecule has 0 unspecified atom stereocenters. The summed E-state index contributed by atoms with van der Waals surface area (Å²) in [5, 5.41) is 3.15. The zero-order valence-electron chi connectivity index (χ0n) is 10.7. The second kappa shape index (κ2) is 6.45. The minimum atomic E-state index is 1.04. The zero-order chi connectivity index (χ0) is 11.9. The molecule has 1 heterocycles. The van der Waals surface area contributed by atoms with Crippen molar-refractivity contribution in [3.8, 4) is 0 Å². The fourth-order valence-electron chi connectivity index (χ4n) is 2.25. The Balaban J connectivity index is 1.98. The number of nitrogens with zero attached hydrogens (tertiary/aromatic N) is 1. The van der Waals surface area contributed by atoms with Crippen molar-refractivity contribution in [2.24, 2.45) is 0 Å². The SMILES string of the molecule is CNCCC=Cc1cccc(N2CCCC2)c1. The third kappa shape index (κ3) is 3.60. The first-order valence-electron chi connectivity index (χ1n) is 6.56. The first-order valence-corrected chi connectivity index (χ1v) is 6.56. The molecule has 1 aliphatic heterocycles. The summed E-state index contributed by atoms with van der Waals surface area (Å²) in [6.45, 7) is 3.47. The lowest BCUT2D eigenvalue weighted by atomic mass is 10.1. The Morgan fingerprint density at radius 1 is 1.29 bits per heavy atom. The Morgan fingerprint density at radius 2 is 2.12 bits per heavy atom. The molecule has 1 saturated heterocycles. The molecule has 0 aliphatic carbocycles. The lowest BCUT2D eigenvalue weighted by Gasteiger charge is -2.17. The smallest absolute Gasteiger partial charge is 0.0372 e. The predicted octanol–water partition coefficient (Wildman–Crippen LogP) is 2.91. The third-order valence-corrected chi connectivity index (χ3v) is 3.21. The van der Waals surface area contributed by atoms with Crippen molar-refractivity contribution in [1.82, 2.24) is 5.32 Å². The van der Waals surface area contributed by atoms with Gasteiger partial charge >= 0.3 is 0 Å². The van der Waals surface area contributed by atoms with Crippen LogP contribution in [0.15, 0.2) is 30.3 Å². The maximum atomic E-state index is 3.15. The van der Waals surface area contributed by atoms with Crippen LogP contribution in [0.4, 0.5) is 5.69 Å². The molecule has 0 saturated carbocycles. The Bertz CT molecular complexity index is 365.